The first-order chi connectivity index (χ1) is 21.3. The van der Waals surface area contributed by atoms with Gasteiger partial charge < -0.3 is 29.9 Å². The molecule has 2 aliphatic rings. The molecule has 2 aliphatic heterocycles. The van der Waals surface area contributed by atoms with E-state index in [2.05, 4.69) is 6.92 Å². The SMILES string of the molecule is CCCCCCCCCCCC[C@@H](O)[C@H]1CC[C@H]([C@H](O)CCCCCC[C@H](O)CCCCC[C@H](O)CC2=C[C@@H](C)OC2=O)O1. The van der Waals surface area contributed by atoms with E-state index in [4.69, 9.17) is 9.47 Å². The van der Waals surface area contributed by atoms with Crippen LogP contribution in [0.25, 0.3) is 0 Å². The maximum atomic E-state index is 11.7. The summed E-state index contributed by atoms with van der Waals surface area (Å²) in [7, 11) is 0. The third kappa shape index (κ3) is 17.6. The van der Waals surface area contributed by atoms with Gasteiger partial charge in [0.15, 0.2) is 0 Å². The molecule has 258 valence electrons. The summed E-state index contributed by atoms with van der Waals surface area (Å²) >= 11 is 0. The summed E-state index contributed by atoms with van der Waals surface area (Å²) in [5.74, 6) is -0.308. The molecule has 7 heteroatoms. The fourth-order valence-corrected chi connectivity index (χ4v) is 6.77. The van der Waals surface area contributed by atoms with Crippen molar-refractivity contribution < 1.29 is 34.7 Å². The Hall–Kier alpha value is -0.990. The van der Waals surface area contributed by atoms with Gasteiger partial charge in [-0.25, -0.2) is 4.79 Å². The molecule has 0 amide bonds. The van der Waals surface area contributed by atoms with Gasteiger partial charge in [-0.2, -0.15) is 0 Å². The lowest BCUT2D eigenvalue weighted by Crippen LogP contribution is -2.31. The van der Waals surface area contributed by atoms with E-state index in [1.807, 2.05) is 6.92 Å². The molecule has 0 spiro atoms. The summed E-state index contributed by atoms with van der Waals surface area (Å²) in [6, 6.07) is 0. The molecular weight excluding hydrogens is 556 g/mol. The highest BCUT2D eigenvalue weighted by Crippen LogP contribution is 2.28. The van der Waals surface area contributed by atoms with Crippen molar-refractivity contribution in [2.75, 3.05) is 0 Å². The van der Waals surface area contributed by atoms with Crippen LogP contribution in [-0.4, -0.2) is 69.1 Å². The number of unbranched alkanes of at least 4 members (excludes halogenated alkanes) is 14. The topological polar surface area (TPSA) is 116 Å². The van der Waals surface area contributed by atoms with Gasteiger partial charge in [-0.3, -0.25) is 0 Å². The van der Waals surface area contributed by atoms with E-state index >= 15 is 0 Å². The molecule has 2 rings (SSSR count). The molecule has 7 nitrogen and oxygen atoms in total. The minimum atomic E-state index is -0.519. The number of carbonyl (C=O) groups excluding carboxylic acids is 1. The molecule has 0 aromatic heterocycles. The van der Waals surface area contributed by atoms with Crippen LogP contribution in [0, 0.1) is 0 Å². The van der Waals surface area contributed by atoms with Gasteiger partial charge in [0.2, 0.25) is 0 Å². The molecule has 0 radical (unpaired) electrons. The zero-order valence-corrected chi connectivity index (χ0v) is 28.3. The molecule has 7 atom stereocenters. The molecule has 0 aromatic carbocycles. The summed E-state index contributed by atoms with van der Waals surface area (Å²) in [5, 5.41) is 41.7. The maximum Gasteiger partial charge on any atom is 0.334 e. The number of cyclic esters (lactones) is 1. The van der Waals surface area contributed by atoms with E-state index in [0.29, 0.717) is 18.4 Å². The monoisotopic (exact) mass is 624 g/mol. The summed E-state index contributed by atoms with van der Waals surface area (Å²) < 4.78 is 11.1. The predicted octanol–water partition coefficient (Wildman–Crippen LogP) is 7.84. The standard InChI is InChI=1S/C37H68O7/c1-3-4-5-6-7-8-9-10-11-18-23-33(40)35-25-26-36(44-35)34(41)24-19-13-12-15-20-31(38)21-16-14-17-22-32(39)28-30-27-29(2)43-37(30)42/h27,29,31-36,38-41H,3-26,28H2,1-2H3/t29-,31+,32+,33-,34-,35-,36-/m1/s1. The first kappa shape index (κ1) is 39.2. The van der Waals surface area contributed by atoms with Crippen LogP contribution >= 0.6 is 0 Å². The Morgan fingerprint density at radius 2 is 1.05 bits per heavy atom. The highest BCUT2D eigenvalue weighted by atomic mass is 16.5. The molecule has 0 saturated carbocycles. The van der Waals surface area contributed by atoms with Gasteiger partial charge in [0.1, 0.15) is 6.10 Å². The number of carbonyl (C=O) groups is 1. The first-order valence-electron chi connectivity index (χ1n) is 18.6. The second-order valence-corrected chi connectivity index (χ2v) is 13.8. The average molecular weight is 625 g/mol. The zero-order valence-electron chi connectivity index (χ0n) is 28.3. The van der Waals surface area contributed by atoms with E-state index in [1.165, 1.54) is 57.8 Å². The number of rotatable bonds is 28. The molecule has 44 heavy (non-hydrogen) atoms. The van der Waals surface area contributed by atoms with Crippen molar-refractivity contribution in [3.63, 3.8) is 0 Å². The molecule has 0 aromatic rings. The van der Waals surface area contributed by atoms with Gasteiger partial charge in [0, 0.05) is 12.0 Å². The fourth-order valence-electron chi connectivity index (χ4n) is 6.77. The molecule has 2 heterocycles. The quantitative estimate of drug-likeness (QED) is 0.0518. The molecule has 1 fully saturated rings. The molecule has 4 N–H and O–H groups in total. The Labute approximate surface area is 269 Å². The minimum Gasteiger partial charge on any atom is -0.455 e. The number of hydrogen-bond donors (Lipinski definition) is 4. The van der Waals surface area contributed by atoms with Crippen LogP contribution < -0.4 is 0 Å². The first-order valence-corrected chi connectivity index (χ1v) is 18.6. The van der Waals surface area contributed by atoms with Crippen molar-refractivity contribution in [1.82, 2.24) is 0 Å². The van der Waals surface area contributed by atoms with Gasteiger partial charge in [-0.05, 0) is 57.9 Å². The lowest BCUT2D eigenvalue weighted by Gasteiger charge is -2.22. The highest BCUT2D eigenvalue weighted by Gasteiger charge is 2.34. The second-order valence-electron chi connectivity index (χ2n) is 13.8. The fraction of sp³-hybridized carbons (Fsp3) is 0.919. The van der Waals surface area contributed by atoms with Crippen molar-refractivity contribution in [1.29, 1.82) is 0 Å². The van der Waals surface area contributed by atoms with Crippen molar-refractivity contribution in [2.45, 2.75) is 217 Å². The van der Waals surface area contributed by atoms with E-state index < -0.39 is 18.3 Å². The Morgan fingerprint density at radius 3 is 1.50 bits per heavy atom. The van der Waals surface area contributed by atoms with Crippen LogP contribution in [0.5, 0.6) is 0 Å². The van der Waals surface area contributed by atoms with Crippen molar-refractivity contribution in [2.24, 2.45) is 0 Å². The molecule has 0 unspecified atom stereocenters. The maximum absolute atomic E-state index is 11.7. The Balaban J connectivity index is 1.38. The van der Waals surface area contributed by atoms with Crippen molar-refractivity contribution >= 4 is 5.97 Å². The van der Waals surface area contributed by atoms with Crippen LogP contribution in [0.15, 0.2) is 11.6 Å². The number of hydrogen-bond acceptors (Lipinski definition) is 7. The Bertz CT molecular complexity index is 756. The van der Waals surface area contributed by atoms with E-state index in [1.54, 1.807) is 6.08 Å². The number of esters is 1. The van der Waals surface area contributed by atoms with Crippen LogP contribution in [-0.2, 0) is 14.3 Å². The summed E-state index contributed by atoms with van der Waals surface area (Å²) in [4.78, 5) is 11.7. The predicted molar refractivity (Wildman–Crippen MR) is 177 cm³/mol. The average Bonchev–Trinajstić information content (AvgIpc) is 3.61. The van der Waals surface area contributed by atoms with Gasteiger partial charge in [-0.1, -0.05) is 116 Å². The van der Waals surface area contributed by atoms with Gasteiger partial charge in [-0.15, -0.1) is 0 Å². The number of aliphatic hydroxyl groups is 4. The van der Waals surface area contributed by atoms with Crippen molar-refractivity contribution in [3.05, 3.63) is 11.6 Å². The van der Waals surface area contributed by atoms with Gasteiger partial charge in [0.25, 0.3) is 0 Å². The summed E-state index contributed by atoms with van der Waals surface area (Å²) in [6.45, 7) is 4.08. The van der Waals surface area contributed by atoms with Crippen LogP contribution in [0.1, 0.15) is 174 Å². The van der Waals surface area contributed by atoms with Crippen molar-refractivity contribution in [3.8, 4) is 0 Å². The molecule has 0 aliphatic carbocycles. The van der Waals surface area contributed by atoms with E-state index in [-0.39, 0.29) is 30.4 Å². The minimum absolute atomic E-state index is 0.126. The Kier molecular flexibility index (Phi) is 21.6. The largest absolute Gasteiger partial charge is 0.455 e. The second kappa shape index (κ2) is 24.2. The van der Waals surface area contributed by atoms with Crippen LogP contribution in [0.2, 0.25) is 0 Å². The third-order valence-electron chi connectivity index (χ3n) is 9.61. The summed E-state index contributed by atoms with van der Waals surface area (Å²) in [6.07, 6.45) is 25.3. The molecule has 0 bridgehead atoms. The lowest BCUT2D eigenvalue weighted by molar-refractivity contribution is -0.139. The zero-order chi connectivity index (χ0) is 32.0. The molecular formula is C37H68O7. The smallest absolute Gasteiger partial charge is 0.334 e. The lowest BCUT2D eigenvalue weighted by atomic mass is 9.99. The Morgan fingerprint density at radius 1 is 0.636 bits per heavy atom. The van der Waals surface area contributed by atoms with Gasteiger partial charge in [0.05, 0.1) is 36.6 Å². The molecule has 1 saturated heterocycles. The number of aliphatic hydroxyl groups excluding tert-OH is 4. The van der Waals surface area contributed by atoms with E-state index in [0.717, 1.165) is 89.9 Å². The normalized spacial score (nSPS) is 23.0. The number of ether oxygens (including phenoxy) is 2. The van der Waals surface area contributed by atoms with Crippen LogP contribution in [0.3, 0.4) is 0 Å². The third-order valence-corrected chi connectivity index (χ3v) is 9.61. The van der Waals surface area contributed by atoms with Crippen LogP contribution in [0.4, 0.5) is 0 Å². The van der Waals surface area contributed by atoms with E-state index in [9.17, 15) is 25.2 Å². The summed E-state index contributed by atoms with van der Waals surface area (Å²) in [5.41, 5.74) is 0.584. The van der Waals surface area contributed by atoms with Gasteiger partial charge >= 0.3 is 5.97 Å². The highest BCUT2D eigenvalue weighted by molar-refractivity contribution is 5.90.